The van der Waals surface area contributed by atoms with Crippen molar-refractivity contribution in [3.8, 4) is 0 Å². The second kappa shape index (κ2) is 12.1. The number of hydrogen-bond acceptors (Lipinski definition) is 3. The van der Waals surface area contributed by atoms with Crippen molar-refractivity contribution in [2.75, 3.05) is 6.61 Å². The summed E-state index contributed by atoms with van der Waals surface area (Å²) in [5.41, 5.74) is 0. The topological polar surface area (TPSA) is 76.0 Å². The van der Waals surface area contributed by atoms with Gasteiger partial charge in [0, 0.05) is 0 Å². The Morgan fingerprint density at radius 1 is 0.833 bits per heavy atom. The number of hydrogen-bond donors (Lipinski definition) is 2. The van der Waals surface area contributed by atoms with Crippen LogP contribution in [0.1, 0.15) is 71.1 Å². The third-order valence-electron chi connectivity index (χ3n) is 2.73. The first-order chi connectivity index (χ1) is 8.56. The summed E-state index contributed by atoms with van der Waals surface area (Å²) in [7, 11) is -4.47. The first kappa shape index (κ1) is 18.1. The highest BCUT2D eigenvalue weighted by molar-refractivity contribution is 7.46. The molecule has 0 aromatic carbocycles. The number of rotatable bonds is 13. The summed E-state index contributed by atoms with van der Waals surface area (Å²) in [6, 6.07) is 0. The van der Waals surface area contributed by atoms with Gasteiger partial charge in [-0.25, -0.2) is 9.45 Å². The molecule has 18 heavy (non-hydrogen) atoms. The van der Waals surface area contributed by atoms with Crippen molar-refractivity contribution in [1.82, 2.24) is 0 Å². The maximum Gasteiger partial charge on any atom is 0.496 e. The molecule has 0 bridgehead atoms. The molecule has 110 valence electrons. The Morgan fingerprint density at radius 3 is 1.72 bits per heavy atom. The fourth-order valence-corrected chi connectivity index (χ4v) is 1.97. The van der Waals surface area contributed by atoms with E-state index in [-0.39, 0.29) is 6.61 Å². The lowest BCUT2D eigenvalue weighted by Crippen LogP contribution is -1.95. The third kappa shape index (κ3) is 16.1. The molecule has 0 saturated heterocycles. The Morgan fingerprint density at radius 2 is 1.28 bits per heavy atom. The number of phosphoric acid groups is 1. The van der Waals surface area contributed by atoms with Gasteiger partial charge < -0.3 is 9.79 Å². The van der Waals surface area contributed by atoms with Gasteiger partial charge in [-0.2, -0.15) is 0 Å². The standard InChI is InChI=1S/C12H27O5P/c1-2-3-4-5-6-7-8-9-10-11-12-16-17-18(13,14)15/h2-12H2,1H3,(H2,13,14,15). The van der Waals surface area contributed by atoms with Crippen molar-refractivity contribution in [2.45, 2.75) is 71.1 Å². The summed E-state index contributed by atoms with van der Waals surface area (Å²) in [5.74, 6) is 0. The summed E-state index contributed by atoms with van der Waals surface area (Å²) in [5, 5.41) is 0. The fraction of sp³-hybridized carbons (Fsp3) is 1.00. The van der Waals surface area contributed by atoms with Crippen molar-refractivity contribution >= 4 is 7.82 Å². The van der Waals surface area contributed by atoms with E-state index in [1.165, 1.54) is 44.9 Å². The molecule has 0 amide bonds. The molecular formula is C12H27O5P. The minimum atomic E-state index is -4.47. The van der Waals surface area contributed by atoms with Crippen molar-refractivity contribution in [3.63, 3.8) is 0 Å². The number of unbranched alkanes of at least 4 members (excludes halogenated alkanes) is 9. The Hall–Kier alpha value is 0.0700. The van der Waals surface area contributed by atoms with Gasteiger partial charge in [0.25, 0.3) is 0 Å². The summed E-state index contributed by atoms with van der Waals surface area (Å²) in [4.78, 5) is 21.1. The second-order valence-electron chi connectivity index (χ2n) is 4.57. The molecule has 0 radical (unpaired) electrons. The van der Waals surface area contributed by atoms with Crippen molar-refractivity contribution in [3.05, 3.63) is 0 Å². The lowest BCUT2D eigenvalue weighted by molar-refractivity contribution is -0.222. The maximum atomic E-state index is 10.3. The minimum Gasteiger partial charge on any atom is -0.301 e. The van der Waals surface area contributed by atoms with Gasteiger partial charge in [-0.15, -0.1) is 4.67 Å². The van der Waals surface area contributed by atoms with Gasteiger partial charge in [0.15, 0.2) is 0 Å². The molecular weight excluding hydrogens is 255 g/mol. The van der Waals surface area contributed by atoms with E-state index >= 15 is 0 Å². The van der Waals surface area contributed by atoms with Crippen LogP contribution in [0, 0.1) is 0 Å². The molecule has 6 heteroatoms. The van der Waals surface area contributed by atoms with E-state index < -0.39 is 7.82 Å². The molecule has 0 saturated carbocycles. The second-order valence-corrected chi connectivity index (χ2v) is 5.70. The van der Waals surface area contributed by atoms with Crippen LogP contribution >= 0.6 is 7.82 Å². The average molecular weight is 282 g/mol. The van der Waals surface area contributed by atoms with Gasteiger partial charge >= 0.3 is 7.82 Å². The van der Waals surface area contributed by atoms with Crippen LogP contribution in [0.15, 0.2) is 0 Å². The molecule has 2 N–H and O–H groups in total. The van der Waals surface area contributed by atoms with E-state index in [4.69, 9.17) is 9.79 Å². The van der Waals surface area contributed by atoms with Gasteiger partial charge in [0.2, 0.25) is 0 Å². The summed E-state index contributed by atoms with van der Waals surface area (Å²) < 4.78 is 14.1. The largest absolute Gasteiger partial charge is 0.496 e. The van der Waals surface area contributed by atoms with E-state index in [0.717, 1.165) is 19.3 Å². The molecule has 0 atom stereocenters. The lowest BCUT2D eigenvalue weighted by Gasteiger charge is -2.04. The van der Waals surface area contributed by atoms with Gasteiger partial charge in [0.1, 0.15) is 0 Å². The molecule has 0 aliphatic rings. The summed E-state index contributed by atoms with van der Waals surface area (Å²) >= 11 is 0. The summed E-state index contributed by atoms with van der Waals surface area (Å²) in [6.45, 7) is 2.46. The van der Waals surface area contributed by atoms with Crippen molar-refractivity contribution in [2.24, 2.45) is 0 Å². The van der Waals surface area contributed by atoms with Crippen molar-refractivity contribution in [1.29, 1.82) is 0 Å². The van der Waals surface area contributed by atoms with Gasteiger partial charge in [0.05, 0.1) is 6.61 Å². The molecule has 0 aliphatic heterocycles. The van der Waals surface area contributed by atoms with Crippen LogP contribution in [0.5, 0.6) is 0 Å². The molecule has 0 aromatic rings. The fourth-order valence-electron chi connectivity index (χ4n) is 1.75. The third-order valence-corrected chi connectivity index (χ3v) is 3.03. The smallest absolute Gasteiger partial charge is 0.301 e. The van der Waals surface area contributed by atoms with E-state index in [1.54, 1.807) is 0 Å². The molecule has 0 aromatic heterocycles. The zero-order chi connectivity index (χ0) is 13.7. The van der Waals surface area contributed by atoms with Crippen LogP contribution in [0.25, 0.3) is 0 Å². The zero-order valence-electron chi connectivity index (χ0n) is 11.3. The van der Waals surface area contributed by atoms with Gasteiger partial charge in [-0.05, 0) is 6.42 Å². The van der Waals surface area contributed by atoms with E-state index in [0.29, 0.717) is 0 Å². The van der Waals surface area contributed by atoms with E-state index in [9.17, 15) is 4.57 Å². The highest BCUT2D eigenvalue weighted by Crippen LogP contribution is 2.35. The minimum absolute atomic E-state index is 0.238. The predicted molar refractivity (Wildman–Crippen MR) is 70.9 cm³/mol. The lowest BCUT2D eigenvalue weighted by atomic mass is 10.1. The Labute approximate surface area is 110 Å². The molecule has 0 spiro atoms. The van der Waals surface area contributed by atoms with Gasteiger partial charge in [-0.3, -0.25) is 0 Å². The Balaban J connectivity index is 3.01. The summed E-state index contributed by atoms with van der Waals surface area (Å²) in [6.07, 6.45) is 12.1. The molecule has 0 fully saturated rings. The van der Waals surface area contributed by atoms with Crippen molar-refractivity contribution < 1.29 is 23.9 Å². The molecule has 5 nitrogen and oxygen atoms in total. The highest BCUT2D eigenvalue weighted by Gasteiger charge is 2.14. The zero-order valence-corrected chi connectivity index (χ0v) is 12.2. The van der Waals surface area contributed by atoms with E-state index in [2.05, 4.69) is 16.5 Å². The SMILES string of the molecule is CCCCCCCCCCCCOOP(=O)(O)O. The first-order valence-electron chi connectivity index (χ1n) is 6.93. The quantitative estimate of drug-likeness (QED) is 0.231. The maximum absolute atomic E-state index is 10.3. The van der Waals surface area contributed by atoms with Crippen LogP contribution in [-0.4, -0.2) is 16.4 Å². The molecule has 0 unspecified atom stereocenters. The molecule has 0 aliphatic carbocycles. The van der Waals surface area contributed by atoms with Crippen LogP contribution in [-0.2, 0) is 14.1 Å². The molecule has 0 rings (SSSR count). The normalized spacial score (nSPS) is 11.9. The molecule has 0 heterocycles. The van der Waals surface area contributed by atoms with Crippen LogP contribution in [0.4, 0.5) is 0 Å². The highest BCUT2D eigenvalue weighted by atomic mass is 31.2. The van der Waals surface area contributed by atoms with Crippen LogP contribution in [0.3, 0.4) is 0 Å². The first-order valence-corrected chi connectivity index (χ1v) is 8.46. The Kier molecular flexibility index (Phi) is 12.2. The average Bonchev–Trinajstić information content (AvgIpc) is 2.29. The van der Waals surface area contributed by atoms with Crippen LogP contribution < -0.4 is 0 Å². The van der Waals surface area contributed by atoms with E-state index in [1.807, 2.05) is 0 Å². The Bertz CT molecular complexity index is 217. The monoisotopic (exact) mass is 282 g/mol. The van der Waals surface area contributed by atoms with Crippen LogP contribution in [0.2, 0.25) is 0 Å². The predicted octanol–water partition coefficient (Wildman–Crippen LogP) is 3.95. The van der Waals surface area contributed by atoms with Gasteiger partial charge in [-0.1, -0.05) is 64.7 Å².